The van der Waals surface area contributed by atoms with Crippen LogP contribution in [0.3, 0.4) is 0 Å². The zero-order chi connectivity index (χ0) is 14.7. The number of piperidine rings is 1. The lowest BCUT2D eigenvalue weighted by atomic mass is 9.98. The summed E-state index contributed by atoms with van der Waals surface area (Å²) >= 11 is 0. The molecule has 1 saturated heterocycles. The summed E-state index contributed by atoms with van der Waals surface area (Å²) in [4.78, 5) is 2.29. The Kier molecular flexibility index (Phi) is 10.8. The normalized spacial score (nSPS) is 17.9. The summed E-state index contributed by atoms with van der Waals surface area (Å²) < 4.78 is 27.6. The van der Waals surface area contributed by atoms with Gasteiger partial charge in [0, 0.05) is 0 Å². The second-order valence-corrected chi connectivity index (χ2v) is 5.99. The molecule has 0 aromatic rings. The van der Waals surface area contributed by atoms with Gasteiger partial charge in [-0.3, -0.25) is 13.6 Å². The number of hydrogen-bond donors (Lipinski definition) is 0. The summed E-state index contributed by atoms with van der Waals surface area (Å²) in [6.07, 6.45) is 2.16. The number of rotatable bonds is 7. The zero-order valence-corrected chi connectivity index (χ0v) is 13.9. The van der Waals surface area contributed by atoms with E-state index in [-0.39, 0.29) is 0 Å². The molecule has 6 heteroatoms. The van der Waals surface area contributed by atoms with Crippen molar-refractivity contribution in [1.82, 2.24) is 4.90 Å². The van der Waals surface area contributed by atoms with Crippen LogP contribution in [0.15, 0.2) is 0 Å². The van der Waals surface area contributed by atoms with Gasteiger partial charge < -0.3 is 4.90 Å². The molecule has 0 amide bonds. The average Bonchev–Trinajstić information content (AvgIpc) is 2.41. The predicted octanol–water partition coefficient (Wildman–Crippen LogP) is 3.55. The fourth-order valence-corrected chi connectivity index (χ4v) is 3.10. The van der Waals surface area contributed by atoms with Gasteiger partial charge in [-0.15, -0.1) is 0 Å². The molecule has 5 nitrogen and oxygen atoms in total. The Morgan fingerprint density at radius 2 is 1.53 bits per heavy atom. The fraction of sp³-hybridized carbons (Fsp3) is 1.00. The quantitative estimate of drug-likeness (QED) is 0.672. The summed E-state index contributed by atoms with van der Waals surface area (Å²) in [6, 6.07) is 0. The van der Waals surface area contributed by atoms with Gasteiger partial charge in [0.05, 0.1) is 19.8 Å². The number of phosphoric acid groups is 1. The highest BCUT2D eigenvalue weighted by Gasteiger charge is 2.27. The third kappa shape index (κ3) is 8.05. The van der Waals surface area contributed by atoms with Crippen molar-refractivity contribution in [2.45, 2.75) is 40.5 Å². The molecule has 0 saturated carbocycles. The minimum atomic E-state index is -3.31. The van der Waals surface area contributed by atoms with E-state index in [4.69, 9.17) is 13.6 Å². The largest absolute Gasteiger partial charge is 0.474 e. The molecule has 0 radical (unpaired) electrons. The molecule has 19 heavy (non-hydrogen) atoms. The number of hydrogen-bond acceptors (Lipinski definition) is 5. The van der Waals surface area contributed by atoms with E-state index in [1.807, 2.05) is 13.8 Å². The Balaban J connectivity index is 0.00000154. The lowest BCUT2D eigenvalue weighted by Gasteiger charge is -2.29. The zero-order valence-electron chi connectivity index (χ0n) is 13.1. The second-order valence-electron chi connectivity index (χ2n) is 4.33. The first-order chi connectivity index (χ1) is 9.09. The van der Waals surface area contributed by atoms with Crippen LogP contribution >= 0.6 is 7.82 Å². The molecule has 0 aromatic carbocycles. The fourth-order valence-electron chi connectivity index (χ4n) is 1.85. The van der Waals surface area contributed by atoms with Crippen LogP contribution in [-0.2, 0) is 18.1 Å². The van der Waals surface area contributed by atoms with E-state index in [9.17, 15) is 4.57 Å². The number of likely N-dealkylation sites (tertiary alicyclic amines) is 1. The van der Waals surface area contributed by atoms with Crippen molar-refractivity contribution in [3.63, 3.8) is 0 Å². The molecule has 1 fully saturated rings. The topological polar surface area (TPSA) is 48.0 Å². The van der Waals surface area contributed by atoms with E-state index in [0.717, 1.165) is 25.9 Å². The summed E-state index contributed by atoms with van der Waals surface area (Å²) in [5, 5.41) is 0. The van der Waals surface area contributed by atoms with Gasteiger partial charge in [-0.05, 0) is 52.7 Å². The maximum atomic E-state index is 12.0. The van der Waals surface area contributed by atoms with Gasteiger partial charge in [0.2, 0.25) is 0 Å². The number of phosphoric ester groups is 1. The monoisotopic (exact) mass is 295 g/mol. The Labute approximate surface area is 118 Å². The Morgan fingerprint density at radius 3 is 1.95 bits per heavy atom. The third-order valence-corrected chi connectivity index (χ3v) is 4.50. The smallest absolute Gasteiger partial charge is 0.306 e. The van der Waals surface area contributed by atoms with Gasteiger partial charge in [0.1, 0.15) is 0 Å². The standard InChI is InChI=1S/C11H24NO4P.C2H6/c1-4-14-17(13,15-5-2)16-10-11-6-8-12(3)9-7-11;1-2/h11H,4-10H2,1-3H3;1-2H3. The minimum Gasteiger partial charge on any atom is -0.306 e. The van der Waals surface area contributed by atoms with Crippen LogP contribution in [0.25, 0.3) is 0 Å². The van der Waals surface area contributed by atoms with E-state index in [0.29, 0.717) is 25.7 Å². The van der Waals surface area contributed by atoms with Gasteiger partial charge in [-0.25, -0.2) is 4.57 Å². The van der Waals surface area contributed by atoms with Crippen molar-refractivity contribution in [1.29, 1.82) is 0 Å². The van der Waals surface area contributed by atoms with Crippen molar-refractivity contribution in [2.24, 2.45) is 5.92 Å². The summed E-state index contributed by atoms with van der Waals surface area (Å²) in [5.41, 5.74) is 0. The molecule has 0 bridgehead atoms. The summed E-state index contributed by atoms with van der Waals surface area (Å²) in [6.45, 7) is 10.8. The summed E-state index contributed by atoms with van der Waals surface area (Å²) in [5.74, 6) is 0.459. The lowest BCUT2D eigenvalue weighted by Crippen LogP contribution is -2.31. The van der Waals surface area contributed by atoms with E-state index in [1.165, 1.54) is 0 Å². The maximum Gasteiger partial charge on any atom is 0.474 e. The van der Waals surface area contributed by atoms with Gasteiger partial charge in [-0.2, -0.15) is 0 Å². The van der Waals surface area contributed by atoms with Gasteiger partial charge in [-0.1, -0.05) is 13.8 Å². The highest BCUT2D eigenvalue weighted by Crippen LogP contribution is 2.49. The lowest BCUT2D eigenvalue weighted by molar-refractivity contribution is 0.0904. The molecule has 0 unspecified atom stereocenters. The first-order valence-electron chi connectivity index (χ1n) is 7.31. The van der Waals surface area contributed by atoms with Crippen LogP contribution in [0.1, 0.15) is 40.5 Å². The molecule has 0 N–H and O–H groups in total. The molecule has 1 rings (SSSR count). The molecule has 0 aromatic heterocycles. The van der Waals surface area contributed by atoms with E-state index >= 15 is 0 Å². The Morgan fingerprint density at radius 1 is 1.05 bits per heavy atom. The second kappa shape index (κ2) is 10.8. The van der Waals surface area contributed by atoms with Gasteiger partial charge >= 0.3 is 7.82 Å². The maximum absolute atomic E-state index is 12.0. The van der Waals surface area contributed by atoms with Crippen molar-refractivity contribution in [2.75, 3.05) is 40.0 Å². The first-order valence-corrected chi connectivity index (χ1v) is 8.78. The first kappa shape index (κ1) is 19.1. The number of nitrogens with zero attached hydrogens (tertiary/aromatic N) is 1. The van der Waals surface area contributed by atoms with E-state index in [1.54, 1.807) is 13.8 Å². The summed E-state index contributed by atoms with van der Waals surface area (Å²) in [7, 11) is -1.20. The van der Waals surface area contributed by atoms with Crippen molar-refractivity contribution in [3.8, 4) is 0 Å². The molecule has 1 aliphatic rings. The molecule has 1 heterocycles. The third-order valence-electron chi connectivity index (χ3n) is 2.88. The average molecular weight is 295 g/mol. The molecule has 0 aliphatic carbocycles. The SMILES string of the molecule is CC.CCOP(=O)(OCC)OCC1CCN(C)CC1. The van der Waals surface area contributed by atoms with Crippen LogP contribution in [0.2, 0.25) is 0 Å². The van der Waals surface area contributed by atoms with Gasteiger partial charge in [0.15, 0.2) is 0 Å². The van der Waals surface area contributed by atoms with Crippen molar-refractivity contribution in [3.05, 3.63) is 0 Å². The van der Waals surface area contributed by atoms with Gasteiger partial charge in [0.25, 0.3) is 0 Å². The van der Waals surface area contributed by atoms with Crippen LogP contribution in [0, 0.1) is 5.92 Å². The van der Waals surface area contributed by atoms with Crippen molar-refractivity contribution >= 4 is 7.82 Å². The molecule has 1 aliphatic heterocycles. The highest BCUT2D eigenvalue weighted by atomic mass is 31.2. The van der Waals surface area contributed by atoms with E-state index in [2.05, 4.69) is 11.9 Å². The molecular formula is C13H30NO4P. The molecule has 116 valence electrons. The molecular weight excluding hydrogens is 265 g/mol. The van der Waals surface area contributed by atoms with Crippen molar-refractivity contribution < 1.29 is 18.1 Å². The minimum absolute atomic E-state index is 0.338. The van der Waals surface area contributed by atoms with E-state index < -0.39 is 7.82 Å². The van der Waals surface area contributed by atoms with Crippen LogP contribution in [0.5, 0.6) is 0 Å². The Hall–Kier alpha value is 0.0700. The van der Waals surface area contributed by atoms with Crippen LogP contribution < -0.4 is 0 Å². The van der Waals surface area contributed by atoms with Crippen LogP contribution in [-0.4, -0.2) is 44.9 Å². The molecule has 0 spiro atoms. The highest BCUT2D eigenvalue weighted by molar-refractivity contribution is 7.48. The predicted molar refractivity (Wildman–Crippen MR) is 78.4 cm³/mol. The molecule has 0 atom stereocenters. The van der Waals surface area contributed by atoms with Crippen LogP contribution in [0.4, 0.5) is 0 Å². The Bertz CT molecular complexity index is 245.